The first-order valence-corrected chi connectivity index (χ1v) is 5.04. The van der Waals surface area contributed by atoms with Crippen molar-refractivity contribution in [2.24, 2.45) is 0 Å². The second kappa shape index (κ2) is 5.30. The van der Waals surface area contributed by atoms with Gasteiger partial charge >= 0.3 is 0 Å². The van der Waals surface area contributed by atoms with Gasteiger partial charge in [-0.25, -0.2) is 0 Å². The number of ether oxygens (including phenoxy) is 1. The smallest absolute Gasteiger partial charge is 0.221 e. The van der Waals surface area contributed by atoms with E-state index in [0.29, 0.717) is 11.4 Å². The first-order valence-electron chi connectivity index (χ1n) is 5.04. The van der Waals surface area contributed by atoms with Gasteiger partial charge in [-0.2, -0.15) is 0 Å². The van der Waals surface area contributed by atoms with Gasteiger partial charge in [-0.05, 0) is 26.0 Å². The first-order chi connectivity index (χ1) is 7.50. The van der Waals surface area contributed by atoms with Gasteiger partial charge in [-0.1, -0.05) is 12.1 Å². The topological polar surface area (TPSA) is 55.4 Å². The minimum atomic E-state index is -0.519. The molecule has 0 spiro atoms. The van der Waals surface area contributed by atoms with Gasteiger partial charge in [0.05, 0.1) is 5.69 Å². The molecule has 16 heavy (non-hydrogen) atoms. The third-order valence-corrected chi connectivity index (χ3v) is 2.07. The molecule has 0 aliphatic carbocycles. The van der Waals surface area contributed by atoms with Crippen LogP contribution in [0.5, 0.6) is 5.75 Å². The monoisotopic (exact) mass is 221 g/mol. The normalized spacial score (nSPS) is 11.7. The molecule has 1 aromatic carbocycles. The van der Waals surface area contributed by atoms with Crippen LogP contribution in [0.25, 0.3) is 0 Å². The lowest BCUT2D eigenvalue weighted by Gasteiger charge is -2.15. The fourth-order valence-corrected chi connectivity index (χ4v) is 1.14. The molecule has 0 radical (unpaired) electrons. The van der Waals surface area contributed by atoms with Gasteiger partial charge in [-0.15, -0.1) is 0 Å². The average molecular weight is 221 g/mol. The second-order valence-corrected chi connectivity index (χ2v) is 3.55. The molecule has 1 amide bonds. The van der Waals surface area contributed by atoms with Gasteiger partial charge < -0.3 is 10.1 Å². The molecule has 1 rings (SSSR count). The van der Waals surface area contributed by atoms with Crippen molar-refractivity contribution in [3.63, 3.8) is 0 Å². The second-order valence-electron chi connectivity index (χ2n) is 3.55. The van der Waals surface area contributed by atoms with Crippen LogP contribution in [0.2, 0.25) is 0 Å². The Bertz CT molecular complexity index is 401. The lowest BCUT2D eigenvalue weighted by Crippen LogP contribution is -2.21. The Morgan fingerprint density at radius 3 is 2.44 bits per heavy atom. The highest BCUT2D eigenvalue weighted by molar-refractivity contribution is 5.90. The van der Waals surface area contributed by atoms with Crippen LogP contribution in [0.15, 0.2) is 24.3 Å². The molecule has 4 nitrogen and oxygen atoms in total. The lowest BCUT2D eigenvalue weighted by atomic mass is 10.2. The zero-order valence-corrected chi connectivity index (χ0v) is 9.61. The average Bonchev–Trinajstić information content (AvgIpc) is 2.20. The molecule has 1 atom stereocenters. The van der Waals surface area contributed by atoms with Crippen molar-refractivity contribution in [1.82, 2.24) is 0 Å². The van der Waals surface area contributed by atoms with Crippen LogP contribution in [-0.2, 0) is 9.59 Å². The molecule has 1 N–H and O–H groups in total. The van der Waals surface area contributed by atoms with Gasteiger partial charge in [0.1, 0.15) is 5.75 Å². The Labute approximate surface area is 94.6 Å². The van der Waals surface area contributed by atoms with E-state index in [1.54, 1.807) is 31.2 Å². The quantitative estimate of drug-likeness (QED) is 0.846. The number of para-hydroxylation sites is 2. The number of carbonyl (C=O) groups is 2. The zero-order valence-electron chi connectivity index (χ0n) is 9.61. The Balaban J connectivity index is 2.86. The summed E-state index contributed by atoms with van der Waals surface area (Å²) in [6, 6.07) is 7.01. The van der Waals surface area contributed by atoms with Crippen molar-refractivity contribution in [1.29, 1.82) is 0 Å². The Morgan fingerprint density at radius 1 is 1.25 bits per heavy atom. The fourth-order valence-electron chi connectivity index (χ4n) is 1.14. The van der Waals surface area contributed by atoms with Gasteiger partial charge in [0.15, 0.2) is 11.9 Å². The summed E-state index contributed by atoms with van der Waals surface area (Å²) in [5, 5.41) is 2.64. The zero-order chi connectivity index (χ0) is 12.1. The third-order valence-electron chi connectivity index (χ3n) is 2.07. The van der Waals surface area contributed by atoms with Crippen LogP contribution in [0.4, 0.5) is 5.69 Å². The summed E-state index contributed by atoms with van der Waals surface area (Å²) in [5.41, 5.74) is 0.572. The summed E-state index contributed by atoms with van der Waals surface area (Å²) in [5.74, 6) is 0.268. The van der Waals surface area contributed by atoms with E-state index < -0.39 is 6.10 Å². The highest BCUT2D eigenvalue weighted by Gasteiger charge is 2.12. The molecule has 0 aromatic heterocycles. The lowest BCUT2D eigenvalue weighted by molar-refractivity contribution is -0.122. The van der Waals surface area contributed by atoms with Gasteiger partial charge in [0, 0.05) is 6.92 Å². The molecule has 0 aliphatic heterocycles. The number of Topliss-reactive ketones (excluding diaryl/α,β-unsaturated/α-hetero) is 1. The molecule has 0 bridgehead atoms. The van der Waals surface area contributed by atoms with Crippen LogP contribution in [0, 0.1) is 0 Å². The molecule has 1 unspecified atom stereocenters. The molecule has 0 fully saturated rings. The summed E-state index contributed by atoms with van der Waals surface area (Å²) >= 11 is 0. The van der Waals surface area contributed by atoms with Gasteiger partial charge in [0.2, 0.25) is 5.91 Å². The maximum absolute atomic E-state index is 11.1. The summed E-state index contributed by atoms with van der Waals surface area (Å²) in [6.45, 7) is 4.56. The van der Waals surface area contributed by atoms with Crippen LogP contribution < -0.4 is 10.1 Å². The Kier molecular flexibility index (Phi) is 4.05. The van der Waals surface area contributed by atoms with E-state index in [0.717, 1.165) is 0 Å². The van der Waals surface area contributed by atoms with E-state index in [1.165, 1.54) is 13.8 Å². The van der Waals surface area contributed by atoms with E-state index in [-0.39, 0.29) is 11.7 Å². The predicted octanol–water partition coefficient (Wildman–Crippen LogP) is 2.00. The number of nitrogens with one attached hydrogen (secondary N) is 1. The van der Waals surface area contributed by atoms with Crippen LogP contribution in [-0.4, -0.2) is 17.8 Å². The number of hydrogen-bond acceptors (Lipinski definition) is 3. The van der Waals surface area contributed by atoms with E-state index in [1.807, 2.05) is 0 Å². The maximum atomic E-state index is 11.1. The number of carbonyl (C=O) groups excluding carboxylic acids is 2. The van der Waals surface area contributed by atoms with E-state index >= 15 is 0 Å². The number of hydrogen-bond donors (Lipinski definition) is 1. The first kappa shape index (κ1) is 12.2. The summed E-state index contributed by atoms with van der Waals surface area (Å²) in [6.07, 6.45) is -0.519. The van der Waals surface area contributed by atoms with Crippen molar-refractivity contribution in [2.45, 2.75) is 26.9 Å². The standard InChI is InChI=1S/C12H15NO3/c1-8(14)9(2)16-12-7-5-4-6-11(12)13-10(3)15/h4-7,9H,1-3H3,(H,13,15). The molecule has 1 aromatic rings. The van der Waals surface area contributed by atoms with Crippen molar-refractivity contribution in [3.05, 3.63) is 24.3 Å². The summed E-state index contributed by atoms with van der Waals surface area (Å²) < 4.78 is 5.44. The minimum absolute atomic E-state index is 0.0578. The number of amides is 1. The van der Waals surface area contributed by atoms with Crippen molar-refractivity contribution in [2.75, 3.05) is 5.32 Å². The molecule has 86 valence electrons. The fraction of sp³-hybridized carbons (Fsp3) is 0.333. The maximum Gasteiger partial charge on any atom is 0.221 e. The SMILES string of the molecule is CC(=O)Nc1ccccc1OC(C)C(C)=O. The molecular formula is C12H15NO3. The molecule has 0 saturated carbocycles. The van der Waals surface area contributed by atoms with Crippen molar-refractivity contribution in [3.8, 4) is 5.75 Å². The number of benzene rings is 1. The highest BCUT2D eigenvalue weighted by atomic mass is 16.5. The van der Waals surface area contributed by atoms with E-state index in [4.69, 9.17) is 4.74 Å². The Morgan fingerprint density at radius 2 is 1.88 bits per heavy atom. The van der Waals surface area contributed by atoms with Gasteiger partial charge in [-0.3, -0.25) is 9.59 Å². The molecule has 0 saturated heterocycles. The summed E-state index contributed by atoms with van der Waals surface area (Å²) in [4.78, 5) is 22.0. The largest absolute Gasteiger partial charge is 0.481 e. The number of ketones is 1. The van der Waals surface area contributed by atoms with Crippen molar-refractivity contribution >= 4 is 17.4 Å². The number of rotatable bonds is 4. The van der Waals surface area contributed by atoms with Crippen LogP contribution >= 0.6 is 0 Å². The Hall–Kier alpha value is -1.84. The molecular weight excluding hydrogens is 206 g/mol. The number of anilines is 1. The van der Waals surface area contributed by atoms with E-state index in [2.05, 4.69) is 5.32 Å². The highest BCUT2D eigenvalue weighted by Crippen LogP contribution is 2.24. The molecule has 0 heterocycles. The molecule has 0 aliphatic rings. The van der Waals surface area contributed by atoms with Crippen LogP contribution in [0.1, 0.15) is 20.8 Å². The van der Waals surface area contributed by atoms with Crippen molar-refractivity contribution < 1.29 is 14.3 Å². The van der Waals surface area contributed by atoms with Gasteiger partial charge in [0.25, 0.3) is 0 Å². The summed E-state index contributed by atoms with van der Waals surface area (Å²) in [7, 11) is 0. The third kappa shape index (κ3) is 3.38. The van der Waals surface area contributed by atoms with Crippen LogP contribution in [0.3, 0.4) is 0 Å². The minimum Gasteiger partial charge on any atom is -0.481 e. The predicted molar refractivity (Wildman–Crippen MR) is 61.5 cm³/mol. The molecule has 4 heteroatoms. The van der Waals surface area contributed by atoms with E-state index in [9.17, 15) is 9.59 Å².